The highest BCUT2D eigenvalue weighted by Gasteiger charge is 2.16. The first-order valence-corrected chi connectivity index (χ1v) is 4.02. The molecule has 1 amide bonds. The zero-order valence-electron chi connectivity index (χ0n) is 7.52. The minimum atomic E-state index is -0.127. The number of amidine groups is 1. The molecule has 1 aromatic rings. The van der Waals surface area contributed by atoms with Gasteiger partial charge in [-0.15, -0.1) is 10.2 Å². The number of rotatable bonds is 2. The van der Waals surface area contributed by atoms with Gasteiger partial charge in [-0.2, -0.15) is 0 Å². The van der Waals surface area contributed by atoms with E-state index in [1.165, 1.54) is 7.11 Å². The van der Waals surface area contributed by atoms with Crippen LogP contribution in [0, 0.1) is 0 Å². The largest absolute Gasteiger partial charge is 0.480 e. The van der Waals surface area contributed by atoms with Gasteiger partial charge in [-0.3, -0.25) is 9.79 Å². The molecule has 0 atom stereocenters. The lowest BCUT2D eigenvalue weighted by molar-refractivity contribution is -0.117. The Morgan fingerprint density at radius 3 is 2.79 bits per heavy atom. The second-order valence-electron chi connectivity index (χ2n) is 2.67. The van der Waals surface area contributed by atoms with Crippen molar-refractivity contribution >= 4 is 11.7 Å². The summed E-state index contributed by atoms with van der Waals surface area (Å²) in [6.07, 6.45) is 0. The van der Waals surface area contributed by atoms with Gasteiger partial charge >= 0.3 is 0 Å². The summed E-state index contributed by atoms with van der Waals surface area (Å²) in [5.41, 5.74) is 0.539. The van der Waals surface area contributed by atoms with Gasteiger partial charge in [0.2, 0.25) is 11.8 Å². The van der Waals surface area contributed by atoms with Crippen LogP contribution in [-0.2, 0) is 4.79 Å². The van der Waals surface area contributed by atoms with E-state index in [2.05, 4.69) is 20.5 Å². The van der Waals surface area contributed by atoms with E-state index < -0.39 is 0 Å². The summed E-state index contributed by atoms with van der Waals surface area (Å²) in [6.45, 7) is 0.156. The topological polar surface area (TPSA) is 76.5 Å². The Morgan fingerprint density at radius 2 is 2.29 bits per heavy atom. The third-order valence-electron chi connectivity index (χ3n) is 1.73. The molecule has 0 saturated carbocycles. The summed E-state index contributed by atoms with van der Waals surface area (Å²) in [4.78, 5) is 14.8. The van der Waals surface area contributed by atoms with E-state index in [1.807, 2.05) is 0 Å². The van der Waals surface area contributed by atoms with E-state index in [9.17, 15) is 4.79 Å². The number of carbonyl (C=O) groups is 1. The normalized spacial score (nSPS) is 14.9. The smallest absolute Gasteiger partial charge is 0.247 e. The van der Waals surface area contributed by atoms with Crippen molar-refractivity contribution in [1.82, 2.24) is 15.5 Å². The number of nitrogens with one attached hydrogen (secondary N) is 1. The Bertz CT molecular complexity index is 385. The maximum atomic E-state index is 10.9. The number of methoxy groups -OCH3 is 1. The zero-order chi connectivity index (χ0) is 9.97. The van der Waals surface area contributed by atoms with Crippen molar-refractivity contribution < 1.29 is 9.53 Å². The quantitative estimate of drug-likeness (QED) is 0.676. The Morgan fingerprint density at radius 1 is 1.43 bits per heavy atom. The molecule has 1 aromatic heterocycles. The number of aromatic nitrogens is 2. The predicted octanol–water partition coefficient (Wildman–Crippen LogP) is -0.638. The van der Waals surface area contributed by atoms with Crippen molar-refractivity contribution in [2.45, 2.75) is 0 Å². The van der Waals surface area contributed by atoms with Crippen molar-refractivity contribution in [2.75, 3.05) is 13.7 Å². The summed E-state index contributed by atoms with van der Waals surface area (Å²) in [7, 11) is 1.51. The van der Waals surface area contributed by atoms with E-state index in [1.54, 1.807) is 12.1 Å². The lowest BCUT2D eigenvalue weighted by atomic mass is 10.3. The van der Waals surface area contributed by atoms with Crippen molar-refractivity contribution in [3.05, 3.63) is 17.8 Å². The van der Waals surface area contributed by atoms with E-state index in [0.29, 0.717) is 17.4 Å². The molecule has 6 nitrogen and oxygen atoms in total. The molecule has 6 heteroatoms. The molecule has 0 unspecified atom stereocenters. The molecular formula is C8H8N4O2. The Hall–Kier alpha value is -1.98. The Kier molecular flexibility index (Phi) is 2.10. The number of hydrogen-bond donors (Lipinski definition) is 1. The SMILES string of the molecule is COc1ccc(C2=NCC(=O)N2)nn1. The van der Waals surface area contributed by atoms with Crippen LogP contribution >= 0.6 is 0 Å². The standard InChI is InChI=1S/C8H8N4O2/c1-14-7-3-2-5(11-12-7)8-9-4-6(13)10-8/h2-3H,4H2,1H3,(H,9,10,13). The second-order valence-corrected chi connectivity index (χ2v) is 2.67. The highest BCUT2D eigenvalue weighted by molar-refractivity contribution is 6.11. The van der Waals surface area contributed by atoms with Gasteiger partial charge in [0, 0.05) is 6.07 Å². The lowest BCUT2D eigenvalue weighted by Crippen LogP contribution is -2.26. The minimum absolute atomic E-state index is 0.127. The van der Waals surface area contributed by atoms with Crippen LogP contribution in [0.15, 0.2) is 17.1 Å². The summed E-state index contributed by atoms with van der Waals surface area (Å²) < 4.78 is 4.85. The van der Waals surface area contributed by atoms with Crippen LogP contribution in [0.2, 0.25) is 0 Å². The maximum Gasteiger partial charge on any atom is 0.247 e. The fourth-order valence-electron chi connectivity index (χ4n) is 1.06. The maximum absolute atomic E-state index is 10.9. The van der Waals surface area contributed by atoms with Gasteiger partial charge in [-0.05, 0) is 6.07 Å². The molecule has 0 radical (unpaired) electrons. The van der Waals surface area contributed by atoms with Crippen LogP contribution in [0.4, 0.5) is 0 Å². The van der Waals surface area contributed by atoms with Gasteiger partial charge in [0.05, 0.1) is 7.11 Å². The van der Waals surface area contributed by atoms with Gasteiger partial charge in [-0.25, -0.2) is 0 Å². The third-order valence-corrected chi connectivity index (χ3v) is 1.73. The molecule has 2 rings (SSSR count). The van der Waals surface area contributed by atoms with Crippen LogP contribution in [-0.4, -0.2) is 35.6 Å². The number of aliphatic imine (C=N–C) groups is 1. The summed E-state index contributed by atoms with van der Waals surface area (Å²) >= 11 is 0. The van der Waals surface area contributed by atoms with Crippen molar-refractivity contribution in [1.29, 1.82) is 0 Å². The van der Waals surface area contributed by atoms with E-state index in [-0.39, 0.29) is 12.5 Å². The highest BCUT2D eigenvalue weighted by Crippen LogP contribution is 2.05. The lowest BCUT2D eigenvalue weighted by Gasteiger charge is -2.00. The second kappa shape index (κ2) is 3.41. The van der Waals surface area contributed by atoms with Crippen LogP contribution in [0.5, 0.6) is 5.88 Å². The molecule has 2 heterocycles. The van der Waals surface area contributed by atoms with Crippen LogP contribution in [0.1, 0.15) is 5.69 Å². The summed E-state index contributed by atoms with van der Waals surface area (Å²) in [5.74, 6) is 0.765. The number of hydrogen-bond acceptors (Lipinski definition) is 5. The molecule has 0 spiro atoms. The first kappa shape index (κ1) is 8.61. The number of ether oxygens (including phenoxy) is 1. The van der Waals surface area contributed by atoms with Gasteiger partial charge in [0.25, 0.3) is 0 Å². The monoisotopic (exact) mass is 192 g/mol. The predicted molar refractivity (Wildman–Crippen MR) is 48.1 cm³/mol. The Balaban J connectivity index is 2.21. The van der Waals surface area contributed by atoms with E-state index >= 15 is 0 Å². The third kappa shape index (κ3) is 1.54. The number of amides is 1. The van der Waals surface area contributed by atoms with Crippen LogP contribution < -0.4 is 10.1 Å². The Labute approximate surface area is 80.0 Å². The van der Waals surface area contributed by atoms with Crippen molar-refractivity contribution in [2.24, 2.45) is 4.99 Å². The van der Waals surface area contributed by atoms with Crippen LogP contribution in [0.3, 0.4) is 0 Å². The molecule has 1 N–H and O–H groups in total. The molecule has 0 saturated heterocycles. The fraction of sp³-hybridized carbons (Fsp3) is 0.250. The fourth-order valence-corrected chi connectivity index (χ4v) is 1.06. The number of nitrogens with zero attached hydrogens (tertiary/aromatic N) is 3. The first-order valence-electron chi connectivity index (χ1n) is 4.02. The average Bonchev–Trinajstić information content (AvgIpc) is 2.65. The average molecular weight is 192 g/mol. The zero-order valence-corrected chi connectivity index (χ0v) is 7.52. The first-order chi connectivity index (χ1) is 6.79. The van der Waals surface area contributed by atoms with E-state index in [4.69, 9.17) is 4.74 Å². The van der Waals surface area contributed by atoms with Crippen molar-refractivity contribution in [3.8, 4) is 5.88 Å². The number of carbonyl (C=O) groups excluding carboxylic acids is 1. The molecule has 1 aliphatic heterocycles. The van der Waals surface area contributed by atoms with Gasteiger partial charge in [-0.1, -0.05) is 0 Å². The van der Waals surface area contributed by atoms with E-state index in [0.717, 1.165) is 0 Å². The molecule has 1 aliphatic rings. The molecule has 72 valence electrons. The highest BCUT2D eigenvalue weighted by atomic mass is 16.5. The van der Waals surface area contributed by atoms with Gasteiger partial charge in [0.15, 0.2) is 5.84 Å². The molecule has 0 aliphatic carbocycles. The van der Waals surface area contributed by atoms with Gasteiger partial charge in [0.1, 0.15) is 12.2 Å². The molecular weight excluding hydrogens is 184 g/mol. The molecule has 0 aromatic carbocycles. The van der Waals surface area contributed by atoms with Gasteiger partial charge < -0.3 is 10.1 Å². The summed E-state index contributed by atoms with van der Waals surface area (Å²) in [5, 5.41) is 10.2. The summed E-state index contributed by atoms with van der Waals surface area (Å²) in [6, 6.07) is 3.35. The molecule has 0 fully saturated rings. The molecule has 14 heavy (non-hydrogen) atoms. The minimum Gasteiger partial charge on any atom is -0.480 e. The molecule has 0 bridgehead atoms. The van der Waals surface area contributed by atoms with Crippen molar-refractivity contribution in [3.63, 3.8) is 0 Å². The van der Waals surface area contributed by atoms with Crippen LogP contribution in [0.25, 0.3) is 0 Å².